The van der Waals surface area contributed by atoms with Crippen molar-refractivity contribution in [1.29, 1.82) is 0 Å². The molecule has 0 aliphatic carbocycles. The van der Waals surface area contributed by atoms with Crippen molar-refractivity contribution in [2.75, 3.05) is 44.4 Å². The second kappa shape index (κ2) is 7.85. The number of rotatable bonds is 4. The molecule has 6 nitrogen and oxygen atoms in total. The largest absolute Gasteiger partial charge is 0.377 e. The van der Waals surface area contributed by atoms with Crippen LogP contribution in [0, 0.1) is 0 Å². The van der Waals surface area contributed by atoms with Crippen LogP contribution in [0.2, 0.25) is 0 Å². The number of benzene rings is 1. The zero-order valence-electron chi connectivity index (χ0n) is 14.7. The molecule has 2 heterocycles. The van der Waals surface area contributed by atoms with Gasteiger partial charge in [0.1, 0.15) is 0 Å². The van der Waals surface area contributed by atoms with E-state index in [4.69, 9.17) is 4.74 Å². The third-order valence-corrected chi connectivity index (χ3v) is 6.61. The highest BCUT2D eigenvalue weighted by atomic mass is 32.2. The van der Waals surface area contributed by atoms with Gasteiger partial charge in [-0.2, -0.15) is 0 Å². The second-order valence-corrected chi connectivity index (χ2v) is 9.06. The Labute approximate surface area is 149 Å². The van der Waals surface area contributed by atoms with Gasteiger partial charge < -0.3 is 9.64 Å². The van der Waals surface area contributed by atoms with Crippen LogP contribution in [0.4, 0.5) is 0 Å². The Bertz CT molecular complexity index is 688. The predicted octanol–water partition coefficient (Wildman–Crippen LogP) is 1.17. The molecular weight excluding hydrogens is 340 g/mol. The van der Waals surface area contributed by atoms with E-state index in [2.05, 4.69) is 11.8 Å². The summed E-state index contributed by atoms with van der Waals surface area (Å²) in [5, 5.41) is 0. The third-order valence-electron chi connectivity index (χ3n) is 5.00. The third kappa shape index (κ3) is 4.59. The molecule has 2 aliphatic rings. The minimum atomic E-state index is -2.85. The van der Waals surface area contributed by atoms with Crippen molar-refractivity contribution < 1.29 is 17.9 Å². The summed E-state index contributed by atoms with van der Waals surface area (Å²) < 4.78 is 28.4. The molecule has 0 saturated carbocycles. The van der Waals surface area contributed by atoms with Crippen molar-refractivity contribution >= 4 is 15.7 Å². The number of morpholine rings is 1. The van der Waals surface area contributed by atoms with Crippen LogP contribution in [-0.4, -0.2) is 74.5 Å². The highest BCUT2D eigenvalue weighted by Crippen LogP contribution is 2.16. The van der Waals surface area contributed by atoms with Gasteiger partial charge >= 0.3 is 0 Å². The first-order chi connectivity index (χ1) is 12.0. The van der Waals surface area contributed by atoms with Crippen LogP contribution in [0.25, 0.3) is 0 Å². The fraction of sp³-hybridized carbons (Fsp3) is 0.611. The number of sulfone groups is 1. The number of carbonyl (C=O) groups is 1. The van der Waals surface area contributed by atoms with E-state index < -0.39 is 9.84 Å². The summed E-state index contributed by atoms with van der Waals surface area (Å²) in [5.74, 6) is 0.531. The maximum atomic E-state index is 12.7. The standard InChI is InChI=1S/C18H26N2O4S/c1-2-17-14-24-10-7-20(17)18(21)16-5-3-15(4-6-16)13-19-8-11-25(22,23)12-9-19/h3-6,17H,2,7-14H2,1H3/t17-/m0/s1. The van der Waals surface area contributed by atoms with Crippen molar-refractivity contribution in [3.05, 3.63) is 35.4 Å². The number of amides is 1. The maximum absolute atomic E-state index is 12.7. The van der Waals surface area contributed by atoms with E-state index in [0.29, 0.717) is 38.4 Å². The van der Waals surface area contributed by atoms with Crippen molar-refractivity contribution in [2.45, 2.75) is 25.9 Å². The van der Waals surface area contributed by atoms with Gasteiger partial charge in [0.05, 0.1) is 30.8 Å². The number of hydrogen-bond donors (Lipinski definition) is 0. The fourth-order valence-corrected chi connectivity index (χ4v) is 4.62. The molecule has 25 heavy (non-hydrogen) atoms. The van der Waals surface area contributed by atoms with E-state index in [0.717, 1.165) is 18.5 Å². The van der Waals surface area contributed by atoms with Gasteiger partial charge in [-0.1, -0.05) is 19.1 Å². The summed E-state index contributed by atoms with van der Waals surface area (Å²) in [4.78, 5) is 16.8. The second-order valence-electron chi connectivity index (χ2n) is 6.76. The SMILES string of the molecule is CC[C@H]1COCCN1C(=O)c1ccc(CN2CCS(=O)(=O)CC2)cc1. The molecular formula is C18H26N2O4S. The maximum Gasteiger partial charge on any atom is 0.254 e. The minimum Gasteiger partial charge on any atom is -0.377 e. The molecule has 0 radical (unpaired) electrons. The molecule has 1 aromatic carbocycles. The van der Waals surface area contributed by atoms with E-state index in [1.54, 1.807) is 0 Å². The quantitative estimate of drug-likeness (QED) is 0.800. The van der Waals surface area contributed by atoms with Crippen LogP contribution in [-0.2, 0) is 21.1 Å². The van der Waals surface area contributed by atoms with Gasteiger partial charge in [0.2, 0.25) is 0 Å². The van der Waals surface area contributed by atoms with Gasteiger partial charge in [-0.05, 0) is 24.1 Å². The molecule has 0 unspecified atom stereocenters. The topological polar surface area (TPSA) is 66.9 Å². The summed E-state index contributed by atoms with van der Waals surface area (Å²) >= 11 is 0. The Morgan fingerprint density at radius 2 is 1.84 bits per heavy atom. The molecule has 7 heteroatoms. The van der Waals surface area contributed by atoms with Crippen molar-refractivity contribution in [3.63, 3.8) is 0 Å². The highest BCUT2D eigenvalue weighted by molar-refractivity contribution is 7.91. The zero-order valence-corrected chi connectivity index (χ0v) is 15.5. The van der Waals surface area contributed by atoms with Gasteiger partial charge in [-0.25, -0.2) is 8.42 Å². The molecule has 2 fully saturated rings. The number of ether oxygens (including phenoxy) is 1. The first-order valence-electron chi connectivity index (χ1n) is 8.89. The molecule has 3 rings (SSSR count). The molecule has 1 amide bonds. The van der Waals surface area contributed by atoms with Crippen molar-refractivity contribution in [1.82, 2.24) is 9.80 Å². The molecule has 2 saturated heterocycles. The fourth-order valence-electron chi connectivity index (χ4n) is 3.35. The summed E-state index contributed by atoms with van der Waals surface area (Å²) in [7, 11) is -2.85. The molecule has 2 aliphatic heterocycles. The average molecular weight is 366 g/mol. The number of hydrogen-bond acceptors (Lipinski definition) is 5. The van der Waals surface area contributed by atoms with Crippen molar-refractivity contribution in [2.24, 2.45) is 0 Å². The number of nitrogens with zero attached hydrogens (tertiary/aromatic N) is 2. The monoisotopic (exact) mass is 366 g/mol. The molecule has 0 bridgehead atoms. The normalized spacial score (nSPS) is 24.2. The van der Waals surface area contributed by atoms with E-state index in [-0.39, 0.29) is 23.5 Å². The average Bonchev–Trinajstić information content (AvgIpc) is 2.63. The van der Waals surface area contributed by atoms with E-state index in [1.165, 1.54) is 0 Å². The summed E-state index contributed by atoms with van der Waals surface area (Å²) in [6.07, 6.45) is 0.891. The van der Waals surface area contributed by atoms with E-state index in [9.17, 15) is 13.2 Å². The number of carbonyl (C=O) groups excluding carboxylic acids is 1. The Hall–Kier alpha value is -1.44. The Kier molecular flexibility index (Phi) is 5.76. The van der Waals surface area contributed by atoms with Gasteiger partial charge in [0.15, 0.2) is 9.84 Å². The first kappa shape index (κ1) is 18.4. The van der Waals surface area contributed by atoms with Crippen LogP contribution < -0.4 is 0 Å². The van der Waals surface area contributed by atoms with Crippen LogP contribution >= 0.6 is 0 Å². The van der Waals surface area contributed by atoms with Gasteiger partial charge in [-0.3, -0.25) is 9.69 Å². The Morgan fingerprint density at radius 1 is 1.16 bits per heavy atom. The van der Waals surface area contributed by atoms with Crippen LogP contribution in [0.15, 0.2) is 24.3 Å². The van der Waals surface area contributed by atoms with Crippen LogP contribution in [0.3, 0.4) is 0 Å². The smallest absolute Gasteiger partial charge is 0.254 e. The van der Waals surface area contributed by atoms with E-state index >= 15 is 0 Å². The van der Waals surface area contributed by atoms with Gasteiger partial charge in [-0.15, -0.1) is 0 Å². The highest BCUT2D eigenvalue weighted by Gasteiger charge is 2.27. The predicted molar refractivity (Wildman–Crippen MR) is 96.3 cm³/mol. The summed E-state index contributed by atoms with van der Waals surface area (Å²) in [5.41, 5.74) is 1.80. The first-order valence-corrected chi connectivity index (χ1v) is 10.7. The molecule has 0 N–H and O–H groups in total. The molecule has 138 valence electrons. The zero-order chi connectivity index (χ0) is 17.9. The van der Waals surface area contributed by atoms with Gasteiger partial charge in [0.25, 0.3) is 5.91 Å². The molecule has 1 atom stereocenters. The van der Waals surface area contributed by atoms with Crippen molar-refractivity contribution in [3.8, 4) is 0 Å². The van der Waals surface area contributed by atoms with Gasteiger partial charge in [0, 0.05) is 31.7 Å². The lowest BCUT2D eigenvalue weighted by atomic mass is 10.1. The van der Waals surface area contributed by atoms with Crippen LogP contribution in [0.5, 0.6) is 0 Å². The lowest BCUT2D eigenvalue weighted by molar-refractivity contribution is -0.00279. The summed E-state index contributed by atoms with van der Waals surface area (Å²) in [6.45, 7) is 5.79. The van der Waals surface area contributed by atoms with Crippen LogP contribution in [0.1, 0.15) is 29.3 Å². The van der Waals surface area contributed by atoms with E-state index in [1.807, 2.05) is 29.2 Å². The summed E-state index contributed by atoms with van der Waals surface area (Å²) in [6, 6.07) is 7.84. The Morgan fingerprint density at radius 3 is 2.48 bits per heavy atom. The molecule has 0 aromatic heterocycles. The Balaban J connectivity index is 1.61. The lowest BCUT2D eigenvalue weighted by Crippen LogP contribution is -2.48. The minimum absolute atomic E-state index is 0.0609. The molecule has 1 aromatic rings. The lowest BCUT2D eigenvalue weighted by Gasteiger charge is -2.35. The molecule has 0 spiro atoms.